The van der Waals surface area contributed by atoms with E-state index in [9.17, 15) is 4.79 Å². The molecule has 1 aliphatic rings. The van der Waals surface area contributed by atoms with Gasteiger partial charge in [0.25, 0.3) is 0 Å². The first kappa shape index (κ1) is 12.3. The number of carboxylic acid groups (broad SMARTS) is 1. The third-order valence-corrected chi connectivity index (χ3v) is 3.00. The smallest absolute Gasteiger partial charge is 0.350 e. The molecule has 0 bridgehead atoms. The number of nitrogens with zero attached hydrogens (tertiary/aromatic N) is 4. The minimum atomic E-state index is -1.03. The van der Waals surface area contributed by atoms with E-state index in [2.05, 4.69) is 15.1 Å². The summed E-state index contributed by atoms with van der Waals surface area (Å²) in [7, 11) is 0. The Bertz CT molecular complexity index is 729. The molecule has 20 heavy (non-hydrogen) atoms. The van der Waals surface area contributed by atoms with Gasteiger partial charge in [-0.3, -0.25) is 0 Å². The first-order valence-corrected chi connectivity index (χ1v) is 6.15. The van der Waals surface area contributed by atoms with Gasteiger partial charge in [0.15, 0.2) is 5.82 Å². The highest BCUT2D eigenvalue weighted by Crippen LogP contribution is 2.35. The molecule has 0 atom stereocenters. The van der Waals surface area contributed by atoms with Crippen LogP contribution in [0.15, 0.2) is 40.3 Å². The third kappa shape index (κ3) is 2.01. The minimum absolute atomic E-state index is 0.0724. The van der Waals surface area contributed by atoms with Crippen LogP contribution in [-0.2, 0) is 4.79 Å². The summed E-state index contributed by atoms with van der Waals surface area (Å²) in [5.74, 6) is -0.471. The highest BCUT2D eigenvalue weighted by atomic mass is 16.4. The molecule has 1 aromatic carbocycles. The van der Waals surface area contributed by atoms with Crippen molar-refractivity contribution >= 4 is 29.4 Å². The zero-order valence-electron chi connectivity index (χ0n) is 10.8. The van der Waals surface area contributed by atoms with Gasteiger partial charge in [-0.25, -0.2) is 19.5 Å². The van der Waals surface area contributed by atoms with Crippen molar-refractivity contribution in [2.45, 2.75) is 13.3 Å². The van der Waals surface area contributed by atoms with Gasteiger partial charge in [0.1, 0.15) is 11.4 Å². The van der Waals surface area contributed by atoms with Crippen LogP contribution in [0.5, 0.6) is 0 Å². The number of rotatable bonds is 2. The van der Waals surface area contributed by atoms with Crippen LogP contribution in [0, 0.1) is 6.92 Å². The normalized spacial score (nSPS) is 13.6. The van der Waals surface area contributed by atoms with Crippen LogP contribution >= 0.6 is 0 Å². The molecule has 100 valence electrons. The zero-order chi connectivity index (χ0) is 14.1. The predicted octanol–water partition coefficient (Wildman–Crippen LogP) is 2.44. The second kappa shape index (κ2) is 4.73. The lowest BCUT2D eigenvalue weighted by Crippen LogP contribution is -2.12. The van der Waals surface area contributed by atoms with Crippen LogP contribution in [0.1, 0.15) is 12.1 Å². The Morgan fingerprint density at radius 1 is 1.30 bits per heavy atom. The average Bonchev–Trinajstić information content (AvgIpc) is 2.65. The summed E-state index contributed by atoms with van der Waals surface area (Å²) in [5.41, 5.74) is 2.10. The largest absolute Gasteiger partial charge is 0.477 e. The minimum Gasteiger partial charge on any atom is -0.477 e. The molecule has 1 N–H and O–H groups in total. The van der Waals surface area contributed by atoms with Gasteiger partial charge in [0.05, 0.1) is 11.4 Å². The van der Waals surface area contributed by atoms with Crippen LogP contribution in [0.25, 0.3) is 5.69 Å². The molecule has 0 saturated carbocycles. The molecule has 0 spiro atoms. The molecular weight excluding hydrogens is 256 g/mol. The monoisotopic (exact) mass is 268 g/mol. The number of aliphatic imine (C=N–C) groups is 2. The fraction of sp³-hybridized carbons (Fsp3) is 0.143. The summed E-state index contributed by atoms with van der Waals surface area (Å²) in [6, 6.07) is 9.56. The number of fused-ring (bicyclic) bond motifs is 1. The van der Waals surface area contributed by atoms with Gasteiger partial charge in [-0.05, 0) is 19.1 Å². The molecule has 6 heteroatoms. The van der Waals surface area contributed by atoms with Gasteiger partial charge in [-0.2, -0.15) is 5.10 Å². The molecule has 2 heterocycles. The molecule has 1 aliphatic heterocycles. The van der Waals surface area contributed by atoms with Crippen LogP contribution < -0.4 is 0 Å². The standard InChI is InChI=1S/C14H12N4O2/c1-9-12-13(15-8-7-11(16-12)14(19)20)18(17-9)10-5-3-2-4-6-10/h2-6,8H,7H2,1H3,(H,19,20). The van der Waals surface area contributed by atoms with Crippen LogP contribution in [0.4, 0.5) is 11.5 Å². The Morgan fingerprint density at radius 2 is 2.05 bits per heavy atom. The second-order valence-electron chi connectivity index (χ2n) is 4.38. The summed E-state index contributed by atoms with van der Waals surface area (Å²) >= 11 is 0. The van der Waals surface area contributed by atoms with Gasteiger partial charge in [-0.1, -0.05) is 18.2 Å². The predicted molar refractivity (Wildman–Crippen MR) is 75.8 cm³/mol. The van der Waals surface area contributed by atoms with Gasteiger partial charge in [0, 0.05) is 12.6 Å². The Morgan fingerprint density at radius 3 is 2.75 bits per heavy atom. The second-order valence-corrected chi connectivity index (χ2v) is 4.38. The maximum Gasteiger partial charge on any atom is 0.350 e. The molecule has 0 saturated heterocycles. The molecule has 6 nitrogen and oxygen atoms in total. The van der Waals surface area contributed by atoms with E-state index in [1.165, 1.54) is 0 Å². The number of carbonyl (C=O) groups is 1. The lowest BCUT2D eigenvalue weighted by Gasteiger charge is -2.02. The van der Waals surface area contributed by atoms with E-state index in [4.69, 9.17) is 5.11 Å². The first-order valence-electron chi connectivity index (χ1n) is 6.15. The topological polar surface area (TPSA) is 79.8 Å². The van der Waals surface area contributed by atoms with Gasteiger partial charge in [-0.15, -0.1) is 0 Å². The third-order valence-electron chi connectivity index (χ3n) is 3.00. The van der Waals surface area contributed by atoms with Gasteiger partial charge < -0.3 is 5.11 Å². The van der Waals surface area contributed by atoms with E-state index < -0.39 is 5.97 Å². The van der Waals surface area contributed by atoms with E-state index in [0.717, 1.165) is 5.69 Å². The number of aryl methyl sites for hydroxylation is 1. The van der Waals surface area contributed by atoms with Gasteiger partial charge in [0.2, 0.25) is 0 Å². The Kier molecular flexibility index (Phi) is 2.90. The van der Waals surface area contributed by atoms with Crippen molar-refractivity contribution in [1.82, 2.24) is 9.78 Å². The van der Waals surface area contributed by atoms with Crippen molar-refractivity contribution in [3.8, 4) is 5.69 Å². The summed E-state index contributed by atoms with van der Waals surface area (Å²) in [6.45, 7) is 1.79. The fourth-order valence-electron chi connectivity index (χ4n) is 2.04. The fourth-order valence-corrected chi connectivity index (χ4v) is 2.04. The Hall–Kier alpha value is -2.76. The first-order chi connectivity index (χ1) is 9.66. The molecule has 2 aromatic rings. The number of para-hydroxylation sites is 1. The molecule has 0 fully saturated rings. The lowest BCUT2D eigenvalue weighted by atomic mass is 10.3. The Labute approximate surface area is 115 Å². The molecular formula is C14H12N4O2. The van der Waals surface area contributed by atoms with E-state index in [1.54, 1.807) is 17.8 Å². The maximum atomic E-state index is 11.1. The van der Waals surface area contributed by atoms with Crippen molar-refractivity contribution in [2.24, 2.45) is 9.98 Å². The van der Waals surface area contributed by atoms with Crippen molar-refractivity contribution < 1.29 is 9.90 Å². The molecule has 0 radical (unpaired) electrons. The summed E-state index contributed by atoms with van der Waals surface area (Å²) in [6.07, 6.45) is 1.76. The number of hydrogen-bond donors (Lipinski definition) is 1. The molecule has 0 unspecified atom stereocenters. The van der Waals surface area contributed by atoms with Crippen molar-refractivity contribution in [3.05, 3.63) is 36.0 Å². The van der Waals surface area contributed by atoms with Crippen molar-refractivity contribution in [3.63, 3.8) is 0 Å². The van der Waals surface area contributed by atoms with E-state index in [-0.39, 0.29) is 12.1 Å². The molecule has 1 aromatic heterocycles. The van der Waals surface area contributed by atoms with E-state index in [0.29, 0.717) is 17.2 Å². The number of aromatic nitrogens is 2. The highest BCUT2D eigenvalue weighted by Gasteiger charge is 2.20. The van der Waals surface area contributed by atoms with Crippen molar-refractivity contribution in [2.75, 3.05) is 0 Å². The number of carboxylic acids is 1. The van der Waals surface area contributed by atoms with E-state index in [1.807, 2.05) is 30.3 Å². The summed E-state index contributed by atoms with van der Waals surface area (Å²) < 4.78 is 1.68. The highest BCUT2D eigenvalue weighted by molar-refractivity contribution is 6.39. The average molecular weight is 268 g/mol. The SMILES string of the molecule is Cc1nn(-c2ccccc2)c2c1N=C(C(=O)O)CC=N2. The van der Waals surface area contributed by atoms with Crippen LogP contribution in [0.3, 0.4) is 0 Å². The molecule has 0 aliphatic carbocycles. The molecule has 3 rings (SSSR count). The van der Waals surface area contributed by atoms with Crippen LogP contribution in [0.2, 0.25) is 0 Å². The number of hydrogen-bond acceptors (Lipinski definition) is 4. The number of benzene rings is 1. The summed E-state index contributed by atoms with van der Waals surface area (Å²) in [4.78, 5) is 19.6. The lowest BCUT2D eigenvalue weighted by molar-refractivity contribution is -0.129. The number of aliphatic carboxylic acids is 1. The summed E-state index contributed by atoms with van der Waals surface area (Å²) in [5, 5.41) is 13.5. The Balaban J connectivity index is 2.20. The van der Waals surface area contributed by atoms with Crippen molar-refractivity contribution in [1.29, 1.82) is 0 Å². The van der Waals surface area contributed by atoms with E-state index >= 15 is 0 Å². The molecule has 0 amide bonds. The van der Waals surface area contributed by atoms with Gasteiger partial charge >= 0.3 is 5.97 Å². The zero-order valence-corrected chi connectivity index (χ0v) is 10.8. The maximum absolute atomic E-state index is 11.1. The quantitative estimate of drug-likeness (QED) is 0.908. The van der Waals surface area contributed by atoms with Crippen LogP contribution in [-0.4, -0.2) is 32.8 Å².